The molecule has 0 aromatic heterocycles. The predicted octanol–water partition coefficient (Wildman–Crippen LogP) is 4.52. The van der Waals surface area contributed by atoms with E-state index in [0.29, 0.717) is 6.42 Å². The van der Waals surface area contributed by atoms with Crippen LogP contribution < -0.4 is 0 Å². The van der Waals surface area contributed by atoms with E-state index in [1.807, 2.05) is 0 Å². The Bertz CT molecular complexity index is 483. The van der Waals surface area contributed by atoms with E-state index in [9.17, 15) is 30.0 Å². The number of carboxylic acid groups (broad SMARTS) is 1. The van der Waals surface area contributed by atoms with Crippen LogP contribution in [0.5, 0.6) is 0 Å². The van der Waals surface area contributed by atoms with Crippen LogP contribution in [0.25, 0.3) is 0 Å². The van der Waals surface area contributed by atoms with Crippen molar-refractivity contribution in [3.05, 3.63) is 0 Å². The number of aliphatic hydroxyl groups is 4. The van der Waals surface area contributed by atoms with Crippen molar-refractivity contribution in [3.63, 3.8) is 0 Å². The highest BCUT2D eigenvalue weighted by molar-refractivity contribution is 5.83. The summed E-state index contributed by atoms with van der Waals surface area (Å²) in [6.07, 6.45) is 14.0. The Balaban J connectivity index is 3.50. The van der Waals surface area contributed by atoms with Crippen molar-refractivity contribution < 1.29 is 35.1 Å². The lowest BCUT2D eigenvalue weighted by Gasteiger charge is -2.23. The second kappa shape index (κ2) is 21.5. The van der Waals surface area contributed by atoms with E-state index in [0.717, 1.165) is 19.3 Å². The van der Waals surface area contributed by atoms with Gasteiger partial charge in [-0.15, -0.1) is 0 Å². The first-order valence-corrected chi connectivity index (χ1v) is 13.3. The SMILES string of the molecule is CCCCCCCCCCCCCCCCCCCCC(=O)[C@H](O)[C@@H](O)[C@H](O)[C@H](O)C(=O)O. The molecule has 0 unspecified atom stereocenters. The van der Waals surface area contributed by atoms with Crippen LogP contribution >= 0.6 is 0 Å². The van der Waals surface area contributed by atoms with E-state index < -0.39 is 36.2 Å². The third kappa shape index (κ3) is 17.1. The molecule has 0 fully saturated rings. The van der Waals surface area contributed by atoms with Crippen molar-refractivity contribution in [2.45, 2.75) is 153 Å². The topological polar surface area (TPSA) is 135 Å². The summed E-state index contributed by atoms with van der Waals surface area (Å²) in [6.45, 7) is 2.25. The molecule has 0 amide bonds. The molecular weight excluding hydrogens is 424 g/mol. The number of carboxylic acids is 1. The lowest BCUT2D eigenvalue weighted by atomic mass is 9.97. The Morgan fingerprint density at radius 2 is 0.818 bits per heavy atom. The van der Waals surface area contributed by atoms with E-state index in [1.165, 1.54) is 89.9 Å². The van der Waals surface area contributed by atoms with Crippen LogP contribution in [0.3, 0.4) is 0 Å². The maximum atomic E-state index is 11.9. The molecule has 7 nitrogen and oxygen atoms in total. The third-order valence-corrected chi connectivity index (χ3v) is 6.36. The molecule has 0 aliphatic heterocycles. The summed E-state index contributed by atoms with van der Waals surface area (Å²) in [5.41, 5.74) is 0. The number of carbonyl (C=O) groups excluding carboxylic acids is 1. The highest BCUT2D eigenvalue weighted by atomic mass is 16.4. The van der Waals surface area contributed by atoms with Gasteiger partial charge in [-0.1, -0.05) is 116 Å². The van der Waals surface area contributed by atoms with Gasteiger partial charge in [-0.3, -0.25) is 4.79 Å². The van der Waals surface area contributed by atoms with E-state index in [4.69, 9.17) is 5.11 Å². The summed E-state index contributed by atoms with van der Waals surface area (Å²) in [4.78, 5) is 22.5. The number of Topliss-reactive ketones (excluding diaryl/α,β-unsaturated/α-hetero) is 1. The van der Waals surface area contributed by atoms with Gasteiger partial charge < -0.3 is 25.5 Å². The van der Waals surface area contributed by atoms with Gasteiger partial charge in [-0.2, -0.15) is 0 Å². The fraction of sp³-hybridized carbons (Fsp3) is 0.923. The lowest BCUT2D eigenvalue weighted by molar-refractivity contribution is -0.165. The smallest absolute Gasteiger partial charge is 0.335 e. The molecule has 0 heterocycles. The maximum Gasteiger partial charge on any atom is 0.335 e. The summed E-state index contributed by atoms with van der Waals surface area (Å²) in [7, 11) is 0. The molecule has 0 saturated carbocycles. The summed E-state index contributed by atoms with van der Waals surface area (Å²) in [5.74, 6) is -2.39. The normalized spacial score (nSPS) is 15.2. The Morgan fingerprint density at radius 3 is 1.15 bits per heavy atom. The van der Waals surface area contributed by atoms with Crippen LogP contribution in [0.1, 0.15) is 129 Å². The lowest BCUT2D eigenvalue weighted by Crippen LogP contribution is -2.50. The Hall–Kier alpha value is -1.02. The fourth-order valence-corrected chi connectivity index (χ4v) is 4.06. The first-order valence-electron chi connectivity index (χ1n) is 13.3. The molecule has 7 heteroatoms. The minimum atomic E-state index is -2.26. The number of rotatable bonds is 24. The number of carbonyl (C=O) groups is 2. The fourth-order valence-electron chi connectivity index (χ4n) is 4.06. The van der Waals surface area contributed by atoms with Gasteiger partial charge in [-0.05, 0) is 6.42 Å². The van der Waals surface area contributed by atoms with Crippen molar-refractivity contribution in [3.8, 4) is 0 Å². The molecule has 0 aliphatic carbocycles. The van der Waals surface area contributed by atoms with Crippen LogP contribution in [0.15, 0.2) is 0 Å². The second-order valence-electron chi connectivity index (χ2n) is 9.44. The standard InChI is InChI=1S/C26H50O7/c1-2-3-4-5-6-7-8-9-10-11-12-13-14-15-16-17-18-19-20-21(27)22(28)23(29)24(30)25(31)26(32)33/h22-25,28-31H,2-20H2,1H3,(H,32,33)/t22-,23+,24-,25-/m0/s1. The van der Waals surface area contributed by atoms with Crippen LogP contribution in [-0.4, -0.2) is 61.7 Å². The first kappa shape index (κ1) is 32.0. The summed E-state index contributed by atoms with van der Waals surface area (Å²) in [6, 6.07) is 0. The zero-order chi connectivity index (χ0) is 24.9. The third-order valence-electron chi connectivity index (χ3n) is 6.36. The van der Waals surface area contributed by atoms with Gasteiger partial charge in [0.05, 0.1) is 0 Å². The molecule has 33 heavy (non-hydrogen) atoms. The minimum absolute atomic E-state index is 0.0485. The van der Waals surface area contributed by atoms with Crippen LogP contribution in [0, 0.1) is 0 Å². The van der Waals surface area contributed by atoms with Gasteiger partial charge in [0.1, 0.15) is 18.3 Å². The van der Waals surface area contributed by atoms with Gasteiger partial charge >= 0.3 is 5.97 Å². The molecule has 4 atom stereocenters. The van der Waals surface area contributed by atoms with Crippen LogP contribution in [0.2, 0.25) is 0 Å². The maximum absolute atomic E-state index is 11.9. The van der Waals surface area contributed by atoms with Crippen molar-refractivity contribution in [1.29, 1.82) is 0 Å². The molecule has 0 spiro atoms. The monoisotopic (exact) mass is 474 g/mol. The Labute approximate surface area is 200 Å². The molecule has 0 aromatic rings. The predicted molar refractivity (Wildman–Crippen MR) is 130 cm³/mol. The molecule has 0 aliphatic rings. The summed E-state index contributed by atoms with van der Waals surface area (Å²) in [5, 5.41) is 46.8. The number of hydrogen-bond acceptors (Lipinski definition) is 6. The molecule has 0 rings (SSSR count). The summed E-state index contributed by atoms with van der Waals surface area (Å²) >= 11 is 0. The Morgan fingerprint density at radius 1 is 0.515 bits per heavy atom. The van der Waals surface area contributed by atoms with Crippen molar-refractivity contribution in [2.75, 3.05) is 0 Å². The summed E-state index contributed by atoms with van der Waals surface area (Å²) < 4.78 is 0. The molecule has 0 radical (unpaired) electrons. The molecule has 0 aromatic carbocycles. The number of unbranched alkanes of at least 4 members (excludes halogenated alkanes) is 17. The largest absolute Gasteiger partial charge is 0.479 e. The van der Waals surface area contributed by atoms with Crippen LogP contribution in [-0.2, 0) is 9.59 Å². The molecule has 196 valence electrons. The van der Waals surface area contributed by atoms with Gasteiger partial charge in [0.15, 0.2) is 11.9 Å². The Kier molecular flexibility index (Phi) is 20.8. The number of aliphatic carboxylic acids is 1. The van der Waals surface area contributed by atoms with Gasteiger partial charge in [-0.25, -0.2) is 4.79 Å². The van der Waals surface area contributed by atoms with Crippen molar-refractivity contribution in [2.24, 2.45) is 0 Å². The molecule has 0 saturated heterocycles. The average Bonchev–Trinajstić information content (AvgIpc) is 2.81. The highest BCUT2D eigenvalue weighted by Crippen LogP contribution is 2.15. The van der Waals surface area contributed by atoms with Gasteiger partial charge in [0.25, 0.3) is 0 Å². The quantitative estimate of drug-likeness (QED) is 0.130. The molecule has 5 N–H and O–H groups in total. The van der Waals surface area contributed by atoms with Gasteiger partial charge in [0.2, 0.25) is 0 Å². The van der Waals surface area contributed by atoms with E-state index in [2.05, 4.69) is 6.92 Å². The number of hydrogen-bond donors (Lipinski definition) is 5. The highest BCUT2D eigenvalue weighted by Gasteiger charge is 2.36. The number of ketones is 1. The molecular formula is C26H50O7. The molecule has 0 bridgehead atoms. The number of aliphatic hydroxyl groups excluding tert-OH is 4. The van der Waals surface area contributed by atoms with E-state index >= 15 is 0 Å². The minimum Gasteiger partial charge on any atom is -0.479 e. The van der Waals surface area contributed by atoms with Crippen LogP contribution in [0.4, 0.5) is 0 Å². The van der Waals surface area contributed by atoms with Gasteiger partial charge in [0, 0.05) is 6.42 Å². The zero-order valence-corrected chi connectivity index (χ0v) is 20.8. The van der Waals surface area contributed by atoms with Crippen molar-refractivity contribution in [1.82, 2.24) is 0 Å². The zero-order valence-electron chi connectivity index (χ0n) is 20.8. The van der Waals surface area contributed by atoms with E-state index in [1.54, 1.807) is 0 Å². The van der Waals surface area contributed by atoms with Crippen molar-refractivity contribution >= 4 is 11.8 Å². The average molecular weight is 475 g/mol. The van der Waals surface area contributed by atoms with E-state index in [-0.39, 0.29) is 6.42 Å². The first-order chi connectivity index (χ1) is 15.8. The second-order valence-corrected chi connectivity index (χ2v) is 9.44.